The lowest BCUT2D eigenvalue weighted by molar-refractivity contribution is 0.0300. The molecule has 0 bridgehead atoms. The Morgan fingerprint density at radius 1 is 1.20 bits per heavy atom. The molecule has 1 aliphatic rings. The maximum Gasteiger partial charge on any atom is 0.131 e. The highest BCUT2D eigenvalue weighted by atomic mass is 16.5. The number of hydrogen-bond donors (Lipinski definition) is 2. The smallest absolute Gasteiger partial charge is 0.131 e. The van der Waals surface area contributed by atoms with Gasteiger partial charge in [-0.05, 0) is 31.6 Å². The number of nitrogens with one attached hydrogen (secondary N) is 2. The van der Waals surface area contributed by atoms with E-state index < -0.39 is 0 Å². The molecule has 1 fully saturated rings. The van der Waals surface area contributed by atoms with Gasteiger partial charge in [0, 0.05) is 32.4 Å². The lowest BCUT2D eigenvalue weighted by Crippen LogP contribution is -2.33. The summed E-state index contributed by atoms with van der Waals surface area (Å²) in [6, 6.07) is 1.99. The van der Waals surface area contributed by atoms with Crippen molar-refractivity contribution in [3.8, 4) is 0 Å². The molecule has 0 saturated carbocycles. The fraction of sp³-hybridized carbons (Fsp3) is 0.733. The highest BCUT2D eigenvalue weighted by molar-refractivity contribution is 5.47. The van der Waals surface area contributed by atoms with Gasteiger partial charge in [-0.15, -0.1) is 0 Å². The molecule has 0 atom stereocenters. The van der Waals surface area contributed by atoms with E-state index in [9.17, 15) is 0 Å². The van der Waals surface area contributed by atoms with Crippen molar-refractivity contribution in [1.29, 1.82) is 0 Å². The van der Waals surface area contributed by atoms with Gasteiger partial charge in [0.2, 0.25) is 0 Å². The number of ether oxygens (including phenoxy) is 1. The van der Waals surface area contributed by atoms with E-state index in [0.29, 0.717) is 5.41 Å². The Hall–Kier alpha value is -1.36. The van der Waals surface area contributed by atoms with Crippen LogP contribution < -0.4 is 10.6 Å². The van der Waals surface area contributed by atoms with Crippen LogP contribution in [0, 0.1) is 12.3 Å². The molecule has 0 aliphatic carbocycles. The van der Waals surface area contributed by atoms with Crippen molar-refractivity contribution in [2.75, 3.05) is 36.9 Å². The SMILES string of the molecule is CCCNc1cc(NCC2(C)CCOCC2)nc(C)n1. The normalized spacial score (nSPS) is 17.8. The molecule has 20 heavy (non-hydrogen) atoms. The van der Waals surface area contributed by atoms with E-state index in [1.165, 1.54) is 0 Å². The van der Waals surface area contributed by atoms with Gasteiger partial charge in [-0.2, -0.15) is 0 Å². The van der Waals surface area contributed by atoms with Gasteiger partial charge in [-0.25, -0.2) is 9.97 Å². The molecule has 5 heteroatoms. The van der Waals surface area contributed by atoms with Gasteiger partial charge in [-0.1, -0.05) is 13.8 Å². The van der Waals surface area contributed by atoms with Crippen molar-refractivity contribution < 1.29 is 4.74 Å². The number of nitrogens with zero attached hydrogens (tertiary/aromatic N) is 2. The first kappa shape index (κ1) is 15.0. The van der Waals surface area contributed by atoms with Gasteiger partial charge in [0.15, 0.2) is 0 Å². The van der Waals surface area contributed by atoms with E-state index in [-0.39, 0.29) is 0 Å². The van der Waals surface area contributed by atoms with Crippen LogP contribution in [0.2, 0.25) is 0 Å². The molecule has 0 aromatic carbocycles. The fourth-order valence-corrected chi connectivity index (χ4v) is 2.35. The number of anilines is 2. The Bertz CT molecular complexity index is 430. The summed E-state index contributed by atoms with van der Waals surface area (Å²) >= 11 is 0. The Morgan fingerprint density at radius 2 is 1.85 bits per heavy atom. The van der Waals surface area contributed by atoms with Crippen LogP contribution in [0.25, 0.3) is 0 Å². The van der Waals surface area contributed by atoms with E-state index in [1.807, 2.05) is 13.0 Å². The molecule has 2 N–H and O–H groups in total. The molecular weight excluding hydrogens is 252 g/mol. The summed E-state index contributed by atoms with van der Waals surface area (Å²) in [4.78, 5) is 8.87. The van der Waals surface area contributed by atoms with Gasteiger partial charge < -0.3 is 15.4 Å². The van der Waals surface area contributed by atoms with Crippen molar-refractivity contribution in [2.45, 2.75) is 40.0 Å². The second-order valence-electron chi connectivity index (χ2n) is 5.89. The van der Waals surface area contributed by atoms with Crippen LogP contribution in [0.3, 0.4) is 0 Å². The summed E-state index contributed by atoms with van der Waals surface area (Å²) < 4.78 is 5.44. The third-order valence-corrected chi connectivity index (χ3v) is 3.79. The zero-order valence-corrected chi connectivity index (χ0v) is 12.8. The highest BCUT2D eigenvalue weighted by Crippen LogP contribution is 2.29. The van der Waals surface area contributed by atoms with Crippen LogP contribution in [0.15, 0.2) is 6.07 Å². The first-order valence-electron chi connectivity index (χ1n) is 7.52. The van der Waals surface area contributed by atoms with E-state index in [4.69, 9.17) is 4.74 Å². The molecule has 1 aromatic heterocycles. The maximum absolute atomic E-state index is 5.44. The summed E-state index contributed by atoms with van der Waals surface area (Å²) in [6.07, 6.45) is 3.29. The first-order valence-corrected chi connectivity index (χ1v) is 7.52. The summed E-state index contributed by atoms with van der Waals surface area (Å²) in [5.74, 6) is 2.61. The quantitative estimate of drug-likeness (QED) is 0.838. The van der Waals surface area contributed by atoms with E-state index in [2.05, 4.69) is 34.4 Å². The predicted octanol–water partition coefficient (Wildman–Crippen LogP) is 2.84. The molecule has 2 rings (SSSR count). The minimum atomic E-state index is 0.300. The fourth-order valence-electron chi connectivity index (χ4n) is 2.35. The molecule has 5 nitrogen and oxygen atoms in total. The lowest BCUT2D eigenvalue weighted by Gasteiger charge is -2.33. The number of hydrogen-bond acceptors (Lipinski definition) is 5. The molecule has 0 unspecified atom stereocenters. The molecule has 1 aliphatic heterocycles. The summed E-state index contributed by atoms with van der Waals surface area (Å²) in [5.41, 5.74) is 0.300. The van der Waals surface area contributed by atoms with Crippen LogP contribution in [-0.4, -0.2) is 36.3 Å². The topological polar surface area (TPSA) is 59.1 Å². The van der Waals surface area contributed by atoms with Gasteiger partial charge in [0.05, 0.1) is 0 Å². The van der Waals surface area contributed by atoms with Crippen molar-refractivity contribution in [1.82, 2.24) is 9.97 Å². The Kier molecular flexibility index (Phi) is 5.17. The lowest BCUT2D eigenvalue weighted by atomic mass is 9.82. The predicted molar refractivity (Wildman–Crippen MR) is 82.2 cm³/mol. The number of rotatable bonds is 6. The van der Waals surface area contributed by atoms with Crippen molar-refractivity contribution >= 4 is 11.6 Å². The second kappa shape index (κ2) is 6.88. The standard InChI is InChI=1S/C15H26N4O/c1-4-7-16-13-10-14(19-12(2)18-13)17-11-15(3)5-8-20-9-6-15/h10H,4-9,11H2,1-3H3,(H2,16,17,18,19). The van der Waals surface area contributed by atoms with Gasteiger partial charge in [0.25, 0.3) is 0 Å². The number of aromatic nitrogens is 2. The van der Waals surface area contributed by atoms with Crippen molar-refractivity contribution in [3.05, 3.63) is 11.9 Å². The minimum Gasteiger partial charge on any atom is -0.381 e. The van der Waals surface area contributed by atoms with Crippen LogP contribution in [0.1, 0.15) is 38.9 Å². The Balaban J connectivity index is 1.96. The molecule has 0 amide bonds. The first-order chi connectivity index (χ1) is 9.61. The monoisotopic (exact) mass is 278 g/mol. The molecule has 1 saturated heterocycles. The molecule has 1 aromatic rings. The third-order valence-electron chi connectivity index (χ3n) is 3.79. The van der Waals surface area contributed by atoms with Crippen molar-refractivity contribution in [2.24, 2.45) is 5.41 Å². The average molecular weight is 278 g/mol. The Labute approximate surface area is 121 Å². The number of aryl methyl sites for hydroxylation is 1. The largest absolute Gasteiger partial charge is 0.381 e. The summed E-state index contributed by atoms with van der Waals surface area (Å²) in [7, 11) is 0. The summed E-state index contributed by atoms with van der Waals surface area (Å²) in [6.45, 7) is 9.98. The van der Waals surface area contributed by atoms with Gasteiger partial charge in [0.1, 0.15) is 17.5 Å². The zero-order chi connectivity index (χ0) is 14.4. The van der Waals surface area contributed by atoms with Crippen LogP contribution >= 0.6 is 0 Å². The van der Waals surface area contributed by atoms with E-state index in [1.54, 1.807) is 0 Å². The van der Waals surface area contributed by atoms with Gasteiger partial charge in [-0.3, -0.25) is 0 Å². The average Bonchev–Trinajstić information content (AvgIpc) is 2.43. The maximum atomic E-state index is 5.44. The molecule has 2 heterocycles. The van der Waals surface area contributed by atoms with E-state index in [0.717, 1.165) is 63.0 Å². The minimum absolute atomic E-state index is 0.300. The summed E-state index contributed by atoms with van der Waals surface area (Å²) in [5, 5.41) is 6.78. The van der Waals surface area contributed by atoms with Crippen molar-refractivity contribution in [3.63, 3.8) is 0 Å². The molecule has 0 radical (unpaired) electrons. The van der Waals surface area contributed by atoms with E-state index >= 15 is 0 Å². The molecule has 112 valence electrons. The molecular formula is C15H26N4O. The van der Waals surface area contributed by atoms with Crippen LogP contribution in [0.4, 0.5) is 11.6 Å². The second-order valence-corrected chi connectivity index (χ2v) is 5.89. The third kappa shape index (κ3) is 4.34. The van der Waals surface area contributed by atoms with Gasteiger partial charge >= 0.3 is 0 Å². The highest BCUT2D eigenvalue weighted by Gasteiger charge is 2.27. The molecule has 0 spiro atoms. The van der Waals surface area contributed by atoms with Crippen LogP contribution in [0.5, 0.6) is 0 Å². The zero-order valence-electron chi connectivity index (χ0n) is 12.8. The van der Waals surface area contributed by atoms with Crippen LogP contribution in [-0.2, 0) is 4.74 Å². The Morgan fingerprint density at radius 3 is 2.50 bits per heavy atom.